The maximum absolute atomic E-state index is 13.3. The molecule has 0 aliphatic heterocycles. The van der Waals surface area contributed by atoms with Gasteiger partial charge in [0.15, 0.2) is 5.69 Å². The number of nitrogens with one attached hydrogen (secondary N) is 2. The van der Waals surface area contributed by atoms with Crippen LogP contribution in [0.3, 0.4) is 0 Å². The molecule has 0 bridgehead atoms. The standard InChI is InChI=1S/C31H28ClN5O6/c1-3-43-31(41)26-19-37(36-35-26)27-15-12-23(32)18-22(27)11-16-28(38)34-25(17-20-7-5-4-6-8-20)29(39)33-24-13-9-21(10-14-24)30(40)42-2/h4-16,18-19,25H,3,17H2,1-2H3,(H,33,39)(H,34,38)/b16-11+/t25-/m0/s1. The third kappa shape index (κ3) is 8.37. The van der Waals surface area contributed by atoms with Crippen LogP contribution in [0.25, 0.3) is 11.8 Å². The molecule has 0 aliphatic rings. The molecule has 2 amide bonds. The molecule has 0 saturated carbocycles. The molecule has 0 fully saturated rings. The highest BCUT2D eigenvalue weighted by Gasteiger charge is 2.21. The van der Waals surface area contributed by atoms with E-state index in [9.17, 15) is 19.2 Å². The van der Waals surface area contributed by atoms with Crippen LogP contribution in [0.2, 0.25) is 5.02 Å². The predicted molar refractivity (Wildman–Crippen MR) is 160 cm³/mol. The number of rotatable bonds is 11. The lowest BCUT2D eigenvalue weighted by atomic mass is 10.0. The summed E-state index contributed by atoms with van der Waals surface area (Å²) < 4.78 is 11.0. The summed E-state index contributed by atoms with van der Waals surface area (Å²) in [6.07, 6.45) is 4.43. The lowest BCUT2D eigenvalue weighted by Crippen LogP contribution is -2.44. The van der Waals surface area contributed by atoms with Crippen LogP contribution in [0.5, 0.6) is 0 Å². The first-order valence-corrected chi connectivity index (χ1v) is 13.6. The molecule has 4 aromatic rings. The van der Waals surface area contributed by atoms with Gasteiger partial charge in [-0.25, -0.2) is 14.3 Å². The molecule has 220 valence electrons. The summed E-state index contributed by atoms with van der Waals surface area (Å²) in [5.41, 5.74) is 2.67. The Balaban J connectivity index is 1.52. The van der Waals surface area contributed by atoms with E-state index in [1.807, 2.05) is 30.3 Å². The van der Waals surface area contributed by atoms with Crippen LogP contribution < -0.4 is 10.6 Å². The van der Waals surface area contributed by atoms with Crippen molar-refractivity contribution in [2.45, 2.75) is 19.4 Å². The number of carbonyl (C=O) groups excluding carboxylic acids is 4. The minimum Gasteiger partial charge on any atom is -0.465 e. The lowest BCUT2D eigenvalue weighted by Gasteiger charge is -2.18. The van der Waals surface area contributed by atoms with Gasteiger partial charge in [0.2, 0.25) is 11.8 Å². The van der Waals surface area contributed by atoms with Gasteiger partial charge in [-0.1, -0.05) is 47.1 Å². The number of halogens is 1. The fourth-order valence-corrected chi connectivity index (χ4v) is 4.21. The molecule has 1 aromatic heterocycles. The topological polar surface area (TPSA) is 142 Å². The molecule has 12 heteroatoms. The number of nitrogens with zero attached hydrogens (tertiary/aromatic N) is 3. The second-order valence-electron chi connectivity index (χ2n) is 9.11. The predicted octanol–water partition coefficient (Wildman–Crippen LogP) is 4.26. The molecule has 0 radical (unpaired) electrons. The van der Waals surface area contributed by atoms with E-state index in [1.165, 1.54) is 42.3 Å². The van der Waals surface area contributed by atoms with Gasteiger partial charge in [-0.2, -0.15) is 0 Å². The average molecular weight is 602 g/mol. The summed E-state index contributed by atoms with van der Waals surface area (Å²) in [4.78, 5) is 50.1. The number of hydrogen-bond donors (Lipinski definition) is 2. The minimum atomic E-state index is -0.930. The van der Waals surface area contributed by atoms with Gasteiger partial charge < -0.3 is 20.1 Å². The monoisotopic (exact) mass is 601 g/mol. The van der Waals surface area contributed by atoms with Crippen molar-refractivity contribution >= 4 is 47.1 Å². The Morgan fingerprint density at radius 1 is 1.00 bits per heavy atom. The van der Waals surface area contributed by atoms with Gasteiger partial charge in [0.25, 0.3) is 0 Å². The number of aromatic nitrogens is 3. The average Bonchev–Trinajstić information content (AvgIpc) is 3.51. The molecule has 1 atom stereocenters. The number of esters is 2. The Hall–Kier alpha value is -5.29. The van der Waals surface area contributed by atoms with Crippen molar-refractivity contribution in [1.29, 1.82) is 0 Å². The highest BCUT2D eigenvalue weighted by Crippen LogP contribution is 2.21. The number of methoxy groups -OCH3 is 1. The fraction of sp³-hybridized carbons (Fsp3) is 0.161. The summed E-state index contributed by atoms with van der Waals surface area (Å²) in [6, 6.07) is 19.5. The summed E-state index contributed by atoms with van der Waals surface area (Å²) >= 11 is 6.21. The van der Waals surface area contributed by atoms with E-state index in [0.717, 1.165) is 5.56 Å². The smallest absolute Gasteiger partial charge is 0.360 e. The van der Waals surface area contributed by atoms with Gasteiger partial charge in [0.1, 0.15) is 6.04 Å². The third-order valence-corrected chi connectivity index (χ3v) is 6.35. The molecule has 0 unspecified atom stereocenters. The van der Waals surface area contributed by atoms with Gasteiger partial charge in [-0.05, 0) is 61.0 Å². The first-order chi connectivity index (χ1) is 20.8. The summed E-state index contributed by atoms with van der Waals surface area (Å²) in [6.45, 7) is 1.88. The third-order valence-electron chi connectivity index (χ3n) is 6.12. The van der Waals surface area contributed by atoms with E-state index in [0.29, 0.717) is 27.5 Å². The Morgan fingerprint density at radius 3 is 2.44 bits per heavy atom. The van der Waals surface area contributed by atoms with Crippen LogP contribution in [0.1, 0.15) is 38.9 Å². The summed E-state index contributed by atoms with van der Waals surface area (Å²) in [5.74, 6) is -2.09. The number of benzene rings is 3. The van der Waals surface area contributed by atoms with Crippen molar-refractivity contribution in [2.75, 3.05) is 19.0 Å². The Morgan fingerprint density at radius 2 is 1.74 bits per heavy atom. The quantitative estimate of drug-likeness (QED) is 0.192. The molecule has 1 heterocycles. The summed E-state index contributed by atoms with van der Waals surface area (Å²) in [7, 11) is 1.28. The van der Waals surface area contributed by atoms with E-state index in [2.05, 4.69) is 20.9 Å². The molecule has 11 nitrogen and oxygen atoms in total. The van der Waals surface area contributed by atoms with Gasteiger partial charge in [-0.3, -0.25) is 9.59 Å². The number of anilines is 1. The number of hydrogen-bond acceptors (Lipinski definition) is 8. The van der Waals surface area contributed by atoms with Crippen molar-refractivity contribution in [2.24, 2.45) is 0 Å². The minimum absolute atomic E-state index is 0.0270. The van der Waals surface area contributed by atoms with Crippen LogP contribution >= 0.6 is 11.6 Å². The Bertz CT molecular complexity index is 1640. The molecule has 3 aromatic carbocycles. The number of amides is 2. The van der Waals surface area contributed by atoms with Gasteiger partial charge in [-0.15, -0.1) is 5.10 Å². The fourth-order valence-electron chi connectivity index (χ4n) is 4.03. The zero-order chi connectivity index (χ0) is 30.8. The molecular formula is C31H28ClN5O6. The largest absolute Gasteiger partial charge is 0.465 e. The Kier molecular flexibility index (Phi) is 10.4. The molecule has 0 spiro atoms. The maximum Gasteiger partial charge on any atom is 0.360 e. The van der Waals surface area contributed by atoms with Crippen LogP contribution in [0, 0.1) is 0 Å². The Labute approximate surface area is 252 Å². The molecule has 0 aliphatic carbocycles. The van der Waals surface area contributed by atoms with E-state index in [4.69, 9.17) is 21.1 Å². The summed E-state index contributed by atoms with van der Waals surface area (Å²) in [5, 5.41) is 13.8. The van der Waals surface area contributed by atoms with Crippen LogP contribution in [-0.4, -0.2) is 58.5 Å². The maximum atomic E-state index is 13.3. The van der Waals surface area contributed by atoms with Crippen LogP contribution in [0.15, 0.2) is 85.1 Å². The lowest BCUT2D eigenvalue weighted by molar-refractivity contribution is -0.123. The zero-order valence-corrected chi connectivity index (χ0v) is 24.1. The van der Waals surface area contributed by atoms with Crippen molar-refractivity contribution in [3.05, 3.63) is 112 Å². The second kappa shape index (κ2) is 14.6. The van der Waals surface area contributed by atoms with Crippen molar-refractivity contribution < 1.29 is 28.7 Å². The SMILES string of the molecule is CCOC(=O)c1cn(-c2ccc(Cl)cc2/C=C/C(=O)N[C@@H](Cc2ccccc2)C(=O)Nc2ccc(C(=O)OC)cc2)nn1. The normalized spacial score (nSPS) is 11.5. The zero-order valence-electron chi connectivity index (χ0n) is 23.3. The first kappa shape index (κ1) is 30.7. The van der Waals surface area contributed by atoms with Gasteiger partial charge >= 0.3 is 11.9 Å². The van der Waals surface area contributed by atoms with Crippen molar-refractivity contribution in [1.82, 2.24) is 20.3 Å². The van der Waals surface area contributed by atoms with Crippen molar-refractivity contribution in [3.8, 4) is 5.69 Å². The van der Waals surface area contributed by atoms with E-state index < -0.39 is 29.8 Å². The highest BCUT2D eigenvalue weighted by molar-refractivity contribution is 6.30. The van der Waals surface area contributed by atoms with Gasteiger partial charge in [0.05, 0.1) is 31.2 Å². The molecular weight excluding hydrogens is 574 g/mol. The van der Waals surface area contributed by atoms with Crippen LogP contribution in [-0.2, 0) is 25.5 Å². The van der Waals surface area contributed by atoms with Crippen LogP contribution in [0.4, 0.5) is 5.69 Å². The van der Waals surface area contributed by atoms with E-state index in [-0.39, 0.29) is 18.7 Å². The molecule has 43 heavy (non-hydrogen) atoms. The molecule has 0 saturated heterocycles. The molecule has 2 N–H and O–H groups in total. The van der Waals surface area contributed by atoms with Crippen molar-refractivity contribution in [3.63, 3.8) is 0 Å². The van der Waals surface area contributed by atoms with Gasteiger partial charge in [0, 0.05) is 28.8 Å². The van der Waals surface area contributed by atoms with E-state index >= 15 is 0 Å². The number of carbonyl (C=O) groups is 4. The first-order valence-electron chi connectivity index (χ1n) is 13.2. The second-order valence-corrected chi connectivity index (χ2v) is 9.55. The molecule has 4 rings (SSSR count). The number of ether oxygens (including phenoxy) is 2. The van der Waals surface area contributed by atoms with E-state index in [1.54, 1.807) is 37.3 Å². The highest BCUT2D eigenvalue weighted by atomic mass is 35.5.